The Morgan fingerprint density at radius 1 is 1.60 bits per heavy atom. The maximum absolute atomic E-state index is 11.9. The summed E-state index contributed by atoms with van der Waals surface area (Å²) in [5, 5.41) is 0. The first-order valence-corrected chi connectivity index (χ1v) is 5.28. The maximum atomic E-state index is 11.9. The second-order valence-corrected chi connectivity index (χ2v) is 3.77. The molecule has 0 spiro atoms. The van der Waals surface area contributed by atoms with Crippen LogP contribution in [0.15, 0.2) is 18.2 Å². The minimum atomic E-state index is -0.416. The molecule has 3 heteroatoms. The fraction of sp³-hybridized carbons (Fsp3) is 0.417. The first-order valence-electron chi connectivity index (χ1n) is 5.28. The number of ether oxygens (including phenoxy) is 1. The van der Waals surface area contributed by atoms with Crippen molar-refractivity contribution in [3.05, 3.63) is 29.3 Å². The molecule has 80 valence electrons. The zero-order valence-electron chi connectivity index (χ0n) is 8.82. The Hall–Kier alpha value is -1.35. The first-order chi connectivity index (χ1) is 7.24. The third-order valence-corrected chi connectivity index (χ3v) is 2.76. The van der Waals surface area contributed by atoms with Crippen LogP contribution in [0.25, 0.3) is 0 Å². The van der Waals surface area contributed by atoms with Crippen LogP contribution in [0.1, 0.15) is 29.3 Å². The number of carbonyl (C=O) groups is 1. The third-order valence-electron chi connectivity index (χ3n) is 2.76. The van der Waals surface area contributed by atoms with Gasteiger partial charge in [0.15, 0.2) is 5.78 Å². The molecule has 0 saturated heterocycles. The van der Waals surface area contributed by atoms with Crippen molar-refractivity contribution in [3.8, 4) is 5.75 Å². The Morgan fingerprint density at radius 2 is 2.40 bits per heavy atom. The van der Waals surface area contributed by atoms with E-state index in [1.54, 1.807) is 6.07 Å². The number of Topliss-reactive ketones (excluding diaryl/α,β-unsaturated/α-hetero) is 1. The summed E-state index contributed by atoms with van der Waals surface area (Å²) in [5.41, 5.74) is 7.49. The van der Waals surface area contributed by atoms with Crippen molar-refractivity contribution in [1.29, 1.82) is 0 Å². The molecule has 0 aliphatic carbocycles. The van der Waals surface area contributed by atoms with Crippen molar-refractivity contribution in [1.82, 2.24) is 0 Å². The molecular weight excluding hydrogens is 190 g/mol. The molecule has 1 unspecified atom stereocenters. The third kappa shape index (κ3) is 1.75. The summed E-state index contributed by atoms with van der Waals surface area (Å²) in [6.45, 7) is 2.58. The highest BCUT2D eigenvalue weighted by atomic mass is 16.5. The van der Waals surface area contributed by atoms with Gasteiger partial charge in [-0.15, -0.1) is 0 Å². The highest BCUT2D eigenvalue weighted by Crippen LogP contribution is 2.30. The Bertz CT molecular complexity index is 387. The lowest BCUT2D eigenvalue weighted by molar-refractivity contribution is 0.0956. The molecule has 2 rings (SSSR count). The predicted octanol–water partition coefficient (Wildman–Crippen LogP) is 1.54. The number of ketones is 1. The van der Waals surface area contributed by atoms with E-state index in [1.807, 2.05) is 19.1 Å². The predicted molar refractivity (Wildman–Crippen MR) is 58.2 cm³/mol. The second kappa shape index (κ2) is 4.03. The van der Waals surface area contributed by atoms with E-state index in [2.05, 4.69) is 0 Å². The molecule has 1 heterocycles. The highest BCUT2D eigenvalue weighted by Gasteiger charge is 2.23. The van der Waals surface area contributed by atoms with E-state index in [9.17, 15) is 4.79 Å². The van der Waals surface area contributed by atoms with E-state index < -0.39 is 6.04 Å². The summed E-state index contributed by atoms with van der Waals surface area (Å²) < 4.78 is 5.47. The van der Waals surface area contributed by atoms with Gasteiger partial charge in [0.1, 0.15) is 5.75 Å². The fourth-order valence-corrected chi connectivity index (χ4v) is 1.79. The monoisotopic (exact) mass is 205 g/mol. The van der Waals surface area contributed by atoms with Crippen molar-refractivity contribution < 1.29 is 9.53 Å². The highest BCUT2D eigenvalue weighted by molar-refractivity contribution is 6.02. The topological polar surface area (TPSA) is 52.3 Å². The van der Waals surface area contributed by atoms with E-state index in [-0.39, 0.29) is 5.78 Å². The second-order valence-electron chi connectivity index (χ2n) is 3.77. The molecule has 0 aromatic heterocycles. The molecular formula is C12H15NO2. The number of hydrogen-bond donors (Lipinski definition) is 1. The van der Waals surface area contributed by atoms with Gasteiger partial charge < -0.3 is 10.5 Å². The SMILES string of the molecule is CCC(N)C(=O)c1cccc2c1OCC2. The average Bonchev–Trinajstić information content (AvgIpc) is 2.74. The Balaban J connectivity index is 2.37. The lowest BCUT2D eigenvalue weighted by Gasteiger charge is -2.10. The van der Waals surface area contributed by atoms with Crippen LogP contribution in [0.4, 0.5) is 0 Å². The summed E-state index contributed by atoms with van der Waals surface area (Å²) in [6, 6.07) is 5.27. The normalized spacial score (nSPS) is 15.6. The van der Waals surface area contributed by atoms with Gasteiger partial charge >= 0.3 is 0 Å². The maximum Gasteiger partial charge on any atom is 0.183 e. The molecule has 1 atom stereocenters. The quantitative estimate of drug-likeness (QED) is 0.761. The van der Waals surface area contributed by atoms with E-state index in [0.29, 0.717) is 18.6 Å². The molecule has 0 saturated carbocycles. The summed E-state index contributed by atoms with van der Waals surface area (Å²) >= 11 is 0. The largest absolute Gasteiger partial charge is 0.492 e. The van der Waals surface area contributed by atoms with Crippen LogP contribution in [0.5, 0.6) is 5.75 Å². The molecule has 1 aromatic rings. The number of fused-ring (bicyclic) bond motifs is 1. The number of carbonyl (C=O) groups excluding carboxylic acids is 1. The van der Waals surface area contributed by atoms with Crippen molar-refractivity contribution in [2.24, 2.45) is 5.73 Å². The number of rotatable bonds is 3. The van der Waals surface area contributed by atoms with Crippen molar-refractivity contribution in [3.63, 3.8) is 0 Å². The Labute approximate surface area is 89.2 Å². The molecule has 0 bridgehead atoms. The average molecular weight is 205 g/mol. The van der Waals surface area contributed by atoms with Crippen LogP contribution >= 0.6 is 0 Å². The molecule has 3 nitrogen and oxygen atoms in total. The summed E-state index contributed by atoms with van der Waals surface area (Å²) in [5.74, 6) is 0.725. The molecule has 0 radical (unpaired) electrons. The van der Waals surface area contributed by atoms with E-state index >= 15 is 0 Å². The molecule has 1 aromatic carbocycles. The van der Waals surface area contributed by atoms with Gasteiger partial charge in [-0.2, -0.15) is 0 Å². The zero-order valence-corrected chi connectivity index (χ0v) is 8.82. The Morgan fingerprint density at radius 3 is 3.13 bits per heavy atom. The number of nitrogens with two attached hydrogens (primary N) is 1. The van der Waals surface area contributed by atoms with Gasteiger partial charge in [0, 0.05) is 6.42 Å². The van der Waals surface area contributed by atoms with Gasteiger partial charge in [-0.3, -0.25) is 4.79 Å². The molecule has 1 aliphatic rings. The van der Waals surface area contributed by atoms with Crippen molar-refractivity contribution in [2.75, 3.05) is 6.61 Å². The summed E-state index contributed by atoms with van der Waals surface area (Å²) in [4.78, 5) is 11.9. The van der Waals surface area contributed by atoms with Crippen LogP contribution in [0.2, 0.25) is 0 Å². The lowest BCUT2D eigenvalue weighted by atomic mass is 9.99. The molecule has 1 aliphatic heterocycles. The van der Waals surface area contributed by atoms with Crippen LogP contribution in [-0.2, 0) is 6.42 Å². The van der Waals surface area contributed by atoms with Crippen LogP contribution in [0, 0.1) is 0 Å². The standard InChI is InChI=1S/C12H15NO2/c1-2-10(13)11(14)9-5-3-4-8-6-7-15-12(8)9/h3-5,10H,2,6-7,13H2,1H3. The van der Waals surface area contributed by atoms with Gasteiger partial charge in [-0.1, -0.05) is 19.1 Å². The molecule has 15 heavy (non-hydrogen) atoms. The Kier molecular flexibility index (Phi) is 2.73. The molecule has 0 amide bonds. The smallest absolute Gasteiger partial charge is 0.183 e. The number of para-hydroxylation sites is 1. The number of benzene rings is 1. The van der Waals surface area contributed by atoms with Crippen molar-refractivity contribution >= 4 is 5.78 Å². The van der Waals surface area contributed by atoms with Gasteiger partial charge in [0.05, 0.1) is 18.2 Å². The summed E-state index contributed by atoms with van der Waals surface area (Å²) in [7, 11) is 0. The van der Waals surface area contributed by atoms with Gasteiger partial charge in [-0.25, -0.2) is 0 Å². The summed E-state index contributed by atoms with van der Waals surface area (Å²) in [6.07, 6.45) is 1.54. The van der Waals surface area contributed by atoms with Crippen LogP contribution < -0.4 is 10.5 Å². The first kappa shape index (κ1) is 10.2. The van der Waals surface area contributed by atoms with E-state index in [4.69, 9.17) is 10.5 Å². The molecule has 0 fully saturated rings. The van der Waals surface area contributed by atoms with Gasteiger partial charge in [0.25, 0.3) is 0 Å². The van der Waals surface area contributed by atoms with Crippen LogP contribution in [-0.4, -0.2) is 18.4 Å². The minimum absolute atomic E-state index is 0.0174. The minimum Gasteiger partial charge on any atom is -0.492 e. The zero-order chi connectivity index (χ0) is 10.8. The van der Waals surface area contributed by atoms with E-state index in [0.717, 1.165) is 17.7 Å². The van der Waals surface area contributed by atoms with Gasteiger partial charge in [-0.05, 0) is 18.1 Å². The van der Waals surface area contributed by atoms with Crippen molar-refractivity contribution in [2.45, 2.75) is 25.8 Å². The van der Waals surface area contributed by atoms with Gasteiger partial charge in [0.2, 0.25) is 0 Å². The van der Waals surface area contributed by atoms with E-state index in [1.165, 1.54) is 0 Å². The molecule has 2 N–H and O–H groups in total. The number of hydrogen-bond acceptors (Lipinski definition) is 3. The fourth-order valence-electron chi connectivity index (χ4n) is 1.79. The van der Waals surface area contributed by atoms with Crippen LogP contribution in [0.3, 0.4) is 0 Å². The lowest BCUT2D eigenvalue weighted by Crippen LogP contribution is -2.29.